The molecular weight excluding hydrogens is 349 g/mol. The molecule has 0 saturated heterocycles. The normalized spacial score (nSPS) is 12.1. The van der Waals surface area contributed by atoms with Crippen LogP contribution in [-0.4, -0.2) is 38.8 Å². The Hall–Kier alpha value is -2.09. The lowest BCUT2D eigenvalue weighted by atomic mass is 10.1. The highest BCUT2D eigenvalue weighted by Crippen LogP contribution is 2.29. The molecule has 0 atom stereocenters. The molecule has 5 nitrogen and oxygen atoms in total. The Kier molecular flexibility index (Phi) is 9.72. The van der Waals surface area contributed by atoms with Gasteiger partial charge in [0.1, 0.15) is 6.61 Å². The molecule has 0 aliphatic carbocycles. The third kappa shape index (κ3) is 8.33. The van der Waals surface area contributed by atoms with Crippen LogP contribution in [0, 0.1) is 0 Å². The highest BCUT2D eigenvalue weighted by molar-refractivity contribution is 6.04. The number of nitrogens with zero attached hydrogens (tertiary/aromatic N) is 1. The van der Waals surface area contributed by atoms with E-state index >= 15 is 0 Å². The zero-order chi connectivity index (χ0) is 19.4. The van der Waals surface area contributed by atoms with E-state index in [1.165, 1.54) is 7.11 Å². The second-order valence-corrected chi connectivity index (χ2v) is 5.62. The number of ether oxygens (including phenoxy) is 2. The maximum atomic E-state index is 12.6. The molecule has 1 aromatic carbocycles. The summed E-state index contributed by atoms with van der Waals surface area (Å²) in [5, 5.41) is 2.49. The molecule has 146 valence electrons. The highest BCUT2D eigenvalue weighted by Gasteiger charge is 2.30. The first-order chi connectivity index (χ1) is 12.4. The molecule has 8 heteroatoms. The number of benzene rings is 1. The van der Waals surface area contributed by atoms with Crippen molar-refractivity contribution >= 4 is 11.9 Å². The first-order valence-corrected chi connectivity index (χ1v) is 8.53. The molecular formula is C18H25F3N2O3. The van der Waals surface area contributed by atoms with Crippen LogP contribution in [0.25, 0.3) is 0 Å². The number of aliphatic imine (C=N–C) groups is 1. The fourth-order valence-corrected chi connectivity index (χ4v) is 2.04. The Bertz CT molecular complexity index is 572. The molecule has 26 heavy (non-hydrogen) atoms. The van der Waals surface area contributed by atoms with Gasteiger partial charge in [0, 0.05) is 19.2 Å². The summed E-state index contributed by atoms with van der Waals surface area (Å²) in [6.07, 6.45) is -0.346. The van der Waals surface area contributed by atoms with Gasteiger partial charge in [-0.15, -0.1) is 0 Å². The summed E-state index contributed by atoms with van der Waals surface area (Å²) in [6.45, 7) is 3.13. The van der Waals surface area contributed by atoms with Crippen LogP contribution >= 0.6 is 0 Å². The minimum atomic E-state index is -4.44. The van der Waals surface area contributed by atoms with Gasteiger partial charge < -0.3 is 9.47 Å². The predicted octanol–water partition coefficient (Wildman–Crippen LogP) is 4.03. The molecule has 0 radical (unpaired) electrons. The van der Waals surface area contributed by atoms with Crippen molar-refractivity contribution in [3.8, 4) is 0 Å². The topological polar surface area (TPSA) is 59.9 Å². The summed E-state index contributed by atoms with van der Waals surface area (Å²) in [6, 6.07) is 4.01. The van der Waals surface area contributed by atoms with E-state index in [0.29, 0.717) is 13.2 Å². The van der Waals surface area contributed by atoms with Crippen LogP contribution in [0.2, 0.25) is 0 Å². The Balaban J connectivity index is 2.68. The third-order valence-corrected chi connectivity index (χ3v) is 3.49. The zero-order valence-corrected chi connectivity index (χ0v) is 15.1. The smallest absolute Gasteiger partial charge is 0.416 e. The molecule has 0 unspecified atom stereocenters. The SMILES string of the molecule is CCCCCCN=C(NC(=O)c1ccc(C(F)(F)F)cc1)OCCOC. The largest absolute Gasteiger partial charge is 0.463 e. The second-order valence-electron chi connectivity index (χ2n) is 5.62. The number of hydrogen-bond acceptors (Lipinski definition) is 4. The molecule has 0 fully saturated rings. The Labute approximate surface area is 151 Å². The number of unbranched alkanes of at least 4 members (excludes halogenated alkanes) is 3. The van der Waals surface area contributed by atoms with Gasteiger partial charge in [0.2, 0.25) is 0 Å². The lowest BCUT2D eigenvalue weighted by Crippen LogP contribution is -2.33. The van der Waals surface area contributed by atoms with Crippen LogP contribution in [0.4, 0.5) is 13.2 Å². The molecule has 0 aliphatic heterocycles. The van der Waals surface area contributed by atoms with Gasteiger partial charge >= 0.3 is 6.18 Å². The number of halogens is 3. The zero-order valence-electron chi connectivity index (χ0n) is 15.1. The van der Waals surface area contributed by atoms with Crippen LogP contribution in [0.5, 0.6) is 0 Å². The van der Waals surface area contributed by atoms with Gasteiger partial charge in [-0.25, -0.2) is 4.99 Å². The van der Waals surface area contributed by atoms with Gasteiger partial charge in [-0.05, 0) is 30.7 Å². The lowest BCUT2D eigenvalue weighted by Gasteiger charge is -2.11. The van der Waals surface area contributed by atoms with Crippen LogP contribution in [0.3, 0.4) is 0 Å². The van der Waals surface area contributed by atoms with Crippen molar-refractivity contribution in [1.29, 1.82) is 0 Å². The number of amides is 1. The molecule has 0 aromatic heterocycles. The fourth-order valence-electron chi connectivity index (χ4n) is 2.04. The van der Waals surface area contributed by atoms with Crippen molar-refractivity contribution in [2.75, 3.05) is 26.9 Å². The molecule has 1 rings (SSSR count). The number of amidine groups is 1. The van der Waals surface area contributed by atoms with E-state index in [0.717, 1.165) is 49.9 Å². The number of alkyl halides is 3. The quantitative estimate of drug-likeness (QED) is 0.403. The number of nitrogens with one attached hydrogen (secondary N) is 1. The summed E-state index contributed by atoms with van der Waals surface area (Å²) in [7, 11) is 1.52. The molecule has 0 heterocycles. The van der Waals surface area contributed by atoms with Crippen molar-refractivity contribution in [3.63, 3.8) is 0 Å². The molecule has 0 bridgehead atoms. The van der Waals surface area contributed by atoms with E-state index in [4.69, 9.17) is 9.47 Å². The maximum Gasteiger partial charge on any atom is 0.416 e. The number of methoxy groups -OCH3 is 1. The number of hydrogen-bond donors (Lipinski definition) is 1. The molecule has 0 aliphatic rings. The van der Waals surface area contributed by atoms with E-state index < -0.39 is 17.6 Å². The minimum Gasteiger partial charge on any atom is -0.463 e. The lowest BCUT2D eigenvalue weighted by molar-refractivity contribution is -0.137. The standard InChI is InChI=1S/C18H25F3N2O3/c1-3-4-5-6-11-22-17(26-13-12-25-2)23-16(24)14-7-9-15(10-8-14)18(19,20)21/h7-10H,3-6,11-13H2,1-2H3,(H,22,23,24). The predicted molar refractivity (Wildman–Crippen MR) is 93.2 cm³/mol. The van der Waals surface area contributed by atoms with E-state index in [-0.39, 0.29) is 18.2 Å². The van der Waals surface area contributed by atoms with Crippen molar-refractivity contribution in [2.24, 2.45) is 4.99 Å². The first kappa shape index (κ1) is 22.0. The van der Waals surface area contributed by atoms with Crippen molar-refractivity contribution in [2.45, 2.75) is 38.8 Å². The van der Waals surface area contributed by atoms with Gasteiger partial charge in [-0.1, -0.05) is 26.2 Å². The first-order valence-electron chi connectivity index (χ1n) is 8.53. The third-order valence-electron chi connectivity index (χ3n) is 3.49. The molecule has 1 N–H and O–H groups in total. The van der Waals surface area contributed by atoms with Crippen molar-refractivity contribution in [3.05, 3.63) is 35.4 Å². The summed E-state index contributed by atoms with van der Waals surface area (Å²) >= 11 is 0. The number of carbonyl (C=O) groups excluding carboxylic acids is 1. The van der Waals surface area contributed by atoms with E-state index in [1.807, 2.05) is 0 Å². The number of rotatable bonds is 9. The fraction of sp³-hybridized carbons (Fsp3) is 0.556. The van der Waals surface area contributed by atoms with Gasteiger partial charge in [-0.3, -0.25) is 10.1 Å². The maximum absolute atomic E-state index is 12.6. The highest BCUT2D eigenvalue weighted by atomic mass is 19.4. The number of carbonyl (C=O) groups is 1. The molecule has 1 aromatic rings. The van der Waals surface area contributed by atoms with Crippen molar-refractivity contribution < 1.29 is 27.4 Å². The van der Waals surface area contributed by atoms with Gasteiger partial charge in [0.15, 0.2) is 0 Å². The van der Waals surface area contributed by atoms with E-state index in [2.05, 4.69) is 17.2 Å². The minimum absolute atomic E-state index is 0.0449. The van der Waals surface area contributed by atoms with Gasteiger partial charge in [0.05, 0.1) is 12.2 Å². The van der Waals surface area contributed by atoms with Gasteiger partial charge in [-0.2, -0.15) is 13.2 Å². The summed E-state index contributed by atoms with van der Waals surface area (Å²) in [4.78, 5) is 16.4. The monoisotopic (exact) mass is 374 g/mol. The van der Waals surface area contributed by atoms with E-state index in [1.54, 1.807) is 0 Å². The summed E-state index contributed by atoms with van der Waals surface area (Å²) in [5.74, 6) is -0.580. The van der Waals surface area contributed by atoms with Crippen LogP contribution < -0.4 is 5.32 Å². The van der Waals surface area contributed by atoms with Crippen LogP contribution in [0.15, 0.2) is 29.3 Å². The van der Waals surface area contributed by atoms with Gasteiger partial charge in [0.25, 0.3) is 11.9 Å². The van der Waals surface area contributed by atoms with Crippen LogP contribution in [0.1, 0.15) is 48.5 Å². The Morgan fingerprint density at radius 2 is 1.81 bits per heavy atom. The average molecular weight is 374 g/mol. The van der Waals surface area contributed by atoms with Crippen molar-refractivity contribution in [1.82, 2.24) is 5.32 Å². The Morgan fingerprint density at radius 3 is 2.38 bits per heavy atom. The summed E-state index contributed by atoms with van der Waals surface area (Å²) in [5.41, 5.74) is -0.720. The molecule has 1 amide bonds. The van der Waals surface area contributed by atoms with E-state index in [9.17, 15) is 18.0 Å². The average Bonchev–Trinajstić information content (AvgIpc) is 2.60. The Morgan fingerprint density at radius 1 is 1.12 bits per heavy atom. The summed E-state index contributed by atoms with van der Waals surface area (Å²) < 4.78 is 48.0. The van der Waals surface area contributed by atoms with Crippen LogP contribution in [-0.2, 0) is 15.7 Å². The molecule has 0 saturated carbocycles. The second kappa shape index (κ2) is 11.5. The molecule has 0 spiro atoms.